The summed E-state index contributed by atoms with van der Waals surface area (Å²) in [5.74, 6) is 0. The molecule has 1 aliphatic rings. The third kappa shape index (κ3) is 4.70. The largest absolute Gasteiger partial charge is 0.389 e. The molecule has 0 heterocycles. The summed E-state index contributed by atoms with van der Waals surface area (Å²) in [7, 11) is -1.81. The van der Waals surface area contributed by atoms with E-state index in [0.717, 1.165) is 25.7 Å². The minimum absolute atomic E-state index is 0.106. The molecule has 0 saturated heterocycles. The standard InChI is InChI=1S/C13H28N2O3S/c1-5-15(11-13(2,3)16)19(17,18)14(4)12-9-7-6-8-10-12/h12,16H,5-11H2,1-4H3. The number of likely N-dealkylation sites (N-methyl/N-ethyl adjacent to an activating group) is 1. The molecule has 0 aromatic heterocycles. The number of nitrogens with zero attached hydrogens (tertiary/aromatic N) is 2. The molecule has 0 aliphatic heterocycles. The lowest BCUT2D eigenvalue weighted by Gasteiger charge is -2.36. The van der Waals surface area contributed by atoms with Gasteiger partial charge in [-0.1, -0.05) is 26.2 Å². The van der Waals surface area contributed by atoms with E-state index < -0.39 is 15.8 Å². The van der Waals surface area contributed by atoms with Gasteiger partial charge in [0, 0.05) is 26.2 Å². The lowest BCUT2D eigenvalue weighted by atomic mass is 9.96. The molecule has 6 heteroatoms. The van der Waals surface area contributed by atoms with Crippen LogP contribution >= 0.6 is 0 Å². The Hall–Kier alpha value is -0.170. The Bertz CT molecular complexity index is 370. The van der Waals surface area contributed by atoms with Gasteiger partial charge in [0.2, 0.25) is 0 Å². The first kappa shape index (κ1) is 16.9. The highest BCUT2D eigenvalue weighted by Crippen LogP contribution is 2.25. The van der Waals surface area contributed by atoms with E-state index >= 15 is 0 Å². The number of aliphatic hydroxyl groups is 1. The van der Waals surface area contributed by atoms with Crippen molar-refractivity contribution in [2.75, 3.05) is 20.1 Å². The van der Waals surface area contributed by atoms with Crippen molar-refractivity contribution in [3.63, 3.8) is 0 Å². The van der Waals surface area contributed by atoms with Gasteiger partial charge in [-0.25, -0.2) is 0 Å². The molecule has 0 atom stereocenters. The Morgan fingerprint density at radius 3 is 2.16 bits per heavy atom. The molecule has 1 rings (SSSR count). The van der Waals surface area contributed by atoms with Gasteiger partial charge in [-0.05, 0) is 26.7 Å². The van der Waals surface area contributed by atoms with E-state index in [2.05, 4.69) is 0 Å². The Morgan fingerprint density at radius 1 is 1.21 bits per heavy atom. The molecule has 0 radical (unpaired) electrons. The van der Waals surface area contributed by atoms with Gasteiger partial charge < -0.3 is 5.11 Å². The van der Waals surface area contributed by atoms with Gasteiger partial charge in [-0.2, -0.15) is 17.0 Å². The van der Waals surface area contributed by atoms with Crippen LogP contribution in [-0.4, -0.2) is 53.9 Å². The first-order valence-electron chi connectivity index (χ1n) is 7.14. The van der Waals surface area contributed by atoms with Crippen LogP contribution in [0.25, 0.3) is 0 Å². The van der Waals surface area contributed by atoms with Gasteiger partial charge in [0.05, 0.1) is 5.60 Å². The normalized spacial score (nSPS) is 19.3. The zero-order valence-electron chi connectivity index (χ0n) is 12.6. The van der Waals surface area contributed by atoms with Crippen LogP contribution < -0.4 is 0 Å². The molecule has 0 amide bonds. The van der Waals surface area contributed by atoms with Crippen LogP contribution in [0.15, 0.2) is 0 Å². The molecule has 5 nitrogen and oxygen atoms in total. The lowest BCUT2D eigenvalue weighted by molar-refractivity contribution is 0.0580. The molecule has 0 spiro atoms. The molecule has 1 N–H and O–H groups in total. The van der Waals surface area contributed by atoms with Crippen molar-refractivity contribution >= 4 is 10.2 Å². The predicted octanol–water partition coefficient (Wildman–Crippen LogP) is 1.59. The van der Waals surface area contributed by atoms with E-state index in [1.54, 1.807) is 27.8 Å². The van der Waals surface area contributed by atoms with Gasteiger partial charge in [-0.3, -0.25) is 0 Å². The lowest BCUT2D eigenvalue weighted by Crippen LogP contribution is -2.50. The second kappa shape index (κ2) is 6.52. The smallest absolute Gasteiger partial charge is 0.282 e. The fourth-order valence-corrected chi connectivity index (χ4v) is 4.36. The van der Waals surface area contributed by atoms with E-state index in [-0.39, 0.29) is 12.6 Å². The highest BCUT2D eigenvalue weighted by Gasteiger charge is 2.34. The van der Waals surface area contributed by atoms with Crippen molar-refractivity contribution in [2.45, 2.75) is 64.5 Å². The number of hydrogen-bond acceptors (Lipinski definition) is 3. The highest BCUT2D eigenvalue weighted by atomic mass is 32.2. The molecule has 1 aliphatic carbocycles. The Labute approximate surface area is 117 Å². The van der Waals surface area contributed by atoms with Crippen LogP contribution in [0.3, 0.4) is 0 Å². The van der Waals surface area contributed by atoms with Crippen molar-refractivity contribution in [1.29, 1.82) is 0 Å². The summed E-state index contributed by atoms with van der Waals surface area (Å²) in [4.78, 5) is 0. The molecular weight excluding hydrogens is 264 g/mol. The van der Waals surface area contributed by atoms with Crippen LogP contribution in [-0.2, 0) is 10.2 Å². The highest BCUT2D eigenvalue weighted by molar-refractivity contribution is 7.86. The number of hydrogen-bond donors (Lipinski definition) is 1. The fourth-order valence-electron chi connectivity index (χ4n) is 2.60. The van der Waals surface area contributed by atoms with Gasteiger partial charge >= 0.3 is 0 Å². The van der Waals surface area contributed by atoms with E-state index in [4.69, 9.17) is 0 Å². The van der Waals surface area contributed by atoms with Crippen LogP contribution in [0.2, 0.25) is 0 Å². The third-order valence-electron chi connectivity index (χ3n) is 3.70. The van der Waals surface area contributed by atoms with Gasteiger partial charge in [0.25, 0.3) is 10.2 Å². The first-order valence-corrected chi connectivity index (χ1v) is 8.53. The molecular formula is C13H28N2O3S. The van der Waals surface area contributed by atoms with E-state index in [1.807, 2.05) is 0 Å². The van der Waals surface area contributed by atoms with Crippen LogP contribution in [0.5, 0.6) is 0 Å². The first-order chi connectivity index (χ1) is 8.68. The summed E-state index contributed by atoms with van der Waals surface area (Å²) in [5.41, 5.74) is -1.02. The second-order valence-electron chi connectivity index (χ2n) is 6.05. The SMILES string of the molecule is CCN(CC(C)(C)O)S(=O)(=O)N(C)C1CCCCC1. The maximum atomic E-state index is 12.6. The average molecular weight is 292 g/mol. The monoisotopic (exact) mass is 292 g/mol. The summed E-state index contributed by atoms with van der Waals surface area (Å²) >= 11 is 0. The average Bonchev–Trinajstić information content (AvgIpc) is 2.34. The minimum atomic E-state index is -3.48. The third-order valence-corrected chi connectivity index (χ3v) is 5.76. The van der Waals surface area contributed by atoms with E-state index in [0.29, 0.717) is 6.54 Å². The quantitative estimate of drug-likeness (QED) is 0.808. The Morgan fingerprint density at radius 2 is 1.74 bits per heavy atom. The van der Waals surface area contributed by atoms with Crippen molar-refractivity contribution < 1.29 is 13.5 Å². The molecule has 0 aromatic rings. The molecule has 19 heavy (non-hydrogen) atoms. The zero-order valence-corrected chi connectivity index (χ0v) is 13.4. The van der Waals surface area contributed by atoms with Crippen molar-refractivity contribution in [2.24, 2.45) is 0 Å². The predicted molar refractivity (Wildman–Crippen MR) is 77.1 cm³/mol. The van der Waals surface area contributed by atoms with Gasteiger partial charge in [0.1, 0.15) is 0 Å². The van der Waals surface area contributed by atoms with Gasteiger partial charge in [0.15, 0.2) is 0 Å². The maximum Gasteiger partial charge on any atom is 0.282 e. The van der Waals surface area contributed by atoms with Crippen molar-refractivity contribution in [1.82, 2.24) is 8.61 Å². The summed E-state index contributed by atoms with van der Waals surface area (Å²) in [6.07, 6.45) is 5.28. The molecule has 0 aromatic carbocycles. The Balaban J connectivity index is 2.81. The molecule has 0 bridgehead atoms. The van der Waals surface area contributed by atoms with Crippen LogP contribution in [0, 0.1) is 0 Å². The van der Waals surface area contributed by atoms with E-state index in [1.165, 1.54) is 15.0 Å². The molecule has 1 fully saturated rings. The molecule has 0 unspecified atom stereocenters. The summed E-state index contributed by atoms with van der Waals surface area (Å²) < 4.78 is 28.0. The summed E-state index contributed by atoms with van der Waals surface area (Å²) in [5, 5.41) is 9.85. The van der Waals surface area contributed by atoms with Crippen LogP contribution in [0.4, 0.5) is 0 Å². The van der Waals surface area contributed by atoms with Crippen molar-refractivity contribution in [3.05, 3.63) is 0 Å². The summed E-state index contributed by atoms with van der Waals surface area (Å²) in [6.45, 7) is 5.57. The topological polar surface area (TPSA) is 60.9 Å². The van der Waals surface area contributed by atoms with Crippen molar-refractivity contribution in [3.8, 4) is 0 Å². The summed E-state index contributed by atoms with van der Waals surface area (Å²) in [6, 6.07) is 0.106. The molecule has 114 valence electrons. The van der Waals surface area contributed by atoms with E-state index in [9.17, 15) is 13.5 Å². The zero-order chi connectivity index (χ0) is 14.7. The second-order valence-corrected chi connectivity index (χ2v) is 8.04. The Kier molecular flexibility index (Phi) is 5.79. The van der Waals surface area contributed by atoms with Gasteiger partial charge in [-0.15, -0.1) is 0 Å². The number of rotatable bonds is 6. The molecule has 1 saturated carbocycles. The fraction of sp³-hybridized carbons (Fsp3) is 1.00. The minimum Gasteiger partial charge on any atom is -0.389 e. The maximum absolute atomic E-state index is 12.6. The van der Waals surface area contributed by atoms with Crippen LogP contribution in [0.1, 0.15) is 52.9 Å².